The van der Waals surface area contributed by atoms with E-state index in [-0.39, 0.29) is 6.10 Å². The first kappa shape index (κ1) is 15.5. The summed E-state index contributed by atoms with van der Waals surface area (Å²) in [5, 5.41) is 0. The maximum atomic E-state index is 6.08. The normalized spacial score (nSPS) is 21.8. The summed E-state index contributed by atoms with van der Waals surface area (Å²) in [4.78, 5) is 6.83. The number of aryl methyl sites for hydroxylation is 1. The minimum absolute atomic E-state index is 0.132. The molecule has 1 atom stereocenters. The molecule has 0 saturated carbocycles. The predicted molar refractivity (Wildman–Crippen MR) is 92.5 cm³/mol. The van der Waals surface area contributed by atoms with E-state index in [4.69, 9.17) is 9.47 Å². The predicted octanol–water partition coefficient (Wildman–Crippen LogP) is 2.74. The van der Waals surface area contributed by atoms with E-state index in [1.807, 2.05) is 30.5 Å². The van der Waals surface area contributed by atoms with Gasteiger partial charge >= 0.3 is 0 Å². The molecular formula is C19H25N3O2. The second kappa shape index (κ2) is 6.85. The number of hydrogen-bond donors (Lipinski definition) is 0. The van der Waals surface area contributed by atoms with Crippen LogP contribution in [0.25, 0.3) is 0 Å². The van der Waals surface area contributed by atoms with E-state index in [0.717, 1.165) is 49.4 Å². The molecule has 1 unspecified atom stereocenters. The highest BCUT2D eigenvalue weighted by molar-refractivity contribution is 5.40. The van der Waals surface area contributed by atoms with Crippen molar-refractivity contribution >= 4 is 0 Å². The third kappa shape index (κ3) is 3.41. The van der Waals surface area contributed by atoms with E-state index >= 15 is 0 Å². The standard InChI is InChI=1S/C19H25N3O2/c1-15-20-8-11-22(15)12-16-6-9-21(10-7-16)13-17-14-23-18-4-2-3-5-19(18)24-17/h2-5,8,11,16-17H,6-7,9-10,12-14H2,1H3. The molecule has 1 saturated heterocycles. The molecule has 0 spiro atoms. The molecular weight excluding hydrogens is 302 g/mol. The number of likely N-dealkylation sites (tertiary alicyclic amines) is 1. The van der Waals surface area contributed by atoms with Crippen molar-refractivity contribution in [3.05, 3.63) is 42.5 Å². The van der Waals surface area contributed by atoms with Gasteiger partial charge in [-0.1, -0.05) is 12.1 Å². The molecule has 2 aliphatic heterocycles. The fourth-order valence-electron chi connectivity index (χ4n) is 3.67. The maximum absolute atomic E-state index is 6.08. The Hall–Kier alpha value is -2.01. The summed E-state index contributed by atoms with van der Waals surface area (Å²) in [6, 6.07) is 7.93. The summed E-state index contributed by atoms with van der Waals surface area (Å²) in [5.74, 6) is 3.60. The van der Waals surface area contributed by atoms with Crippen molar-refractivity contribution in [2.75, 3.05) is 26.2 Å². The first-order chi connectivity index (χ1) is 11.8. The number of hydrogen-bond acceptors (Lipinski definition) is 4. The zero-order valence-electron chi connectivity index (χ0n) is 14.2. The Kier molecular flexibility index (Phi) is 4.43. The van der Waals surface area contributed by atoms with Gasteiger partial charge in [0.1, 0.15) is 18.5 Å². The molecule has 3 heterocycles. The Bertz CT molecular complexity index is 677. The van der Waals surface area contributed by atoms with Crippen molar-refractivity contribution in [1.29, 1.82) is 0 Å². The first-order valence-corrected chi connectivity index (χ1v) is 8.86. The highest BCUT2D eigenvalue weighted by Gasteiger charge is 2.26. The lowest BCUT2D eigenvalue weighted by Gasteiger charge is -2.35. The molecule has 128 valence electrons. The molecule has 0 aliphatic carbocycles. The van der Waals surface area contributed by atoms with Crippen LogP contribution in [0.15, 0.2) is 36.7 Å². The fraction of sp³-hybridized carbons (Fsp3) is 0.526. The van der Waals surface area contributed by atoms with Crippen LogP contribution in [0.1, 0.15) is 18.7 Å². The van der Waals surface area contributed by atoms with Gasteiger partial charge < -0.3 is 14.0 Å². The number of imidazole rings is 1. The van der Waals surface area contributed by atoms with Crippen molar-refractivity contribution in [3.63, 3.8) is 0 Å². The molecule has 0 amide bonds. The summed E-state index contributed by atoms with van der Waals surface area (Å²) in [6.45, 7) is 7.04. The minimum Gasteiger partial charge on any atom is -0.486 e. The lowest BCUT2D eigenvalue weighted by Crippen LogP contribution is -2.44. The first-order valence-electron chi connectivity index (χ1n) is 8.86. The van der Waals surface area contributed by atoms with E-state index in [2.05, 4.69) is 27.6 Å². The number of rotatable bonds is 4. The minimum atomic E-state index is 0.132. The lowest BCUT2D eigenvalue weighted by molar-refractivity contribution is 0.0466. The van der Waals surface area contributed by atoms with E-state index in [1.165, 1.54) is 12.8 Å². The van der Waals surface area contributed by atoms with Crippen LogP contribution in [0.2, 0.25) is 0 Å². The van der Waals surface area contributed by atoms with Crippen molar-refractivity contribution in [2.45, 2.75) is 32.4 Å². The molecule has 1 aromatic carbocycles. The van der Waals surface area contributed by atoms with Gasteiger partial charge in [0.15, 0.2) is 11.5 Å². The number of ether oxygens (including phenoxy) is 2. The second-order valence-electron chi connectivity index (χ2n) is 6.87. The van der Waals surface area contributed by atoms with Gasteiger partial charge in [-0.05, 0) is 50.9 Å². The maximum Gasteiger partial charge on any atom is 0.161 e. The largest absolute Gasteiger partial charge is 0.486 e. The molecule has 5 nitrogen and oxygen atoms in total. The van der Waals surface area contributed by atoms with E-state index in [1.54, 1.807) is 0 Å². The molecule has 0 bridgehead atoms. The smallest absolute Gasteiger partial charge is 0.161 e. The lowest BCUT2D eigenvalue weighted by atomic mass is 9.96. The van der Waals surface area contributed by atoms with E-state index in [9.17, 15) is 0 Å². The third-order valence-corrected chi connectivity index (χ3v) is 5.12. The van der Waals surface area contributed by atoms with Crippen molar-refractivity contribution < 1.29 is 9.47 Å². The topological polar surface area (TPSA) is 39.5 Å². The third-order valence-electron chi connectivity index (χ3n) is 5.12. The zero-order valence-corrected chi connectivity index (χ0v) is 14.2. The monoisotopic (exact) mass is 327 g/mol. The molecule has 24 heavy (non-hydrogen) atoms. The molecule has 1 fully saturated rings. The van der Waals surface area contributed by atoms with Crippen molar-refractivity contribution in [2.24, 2.45) is 5.92 Å². The van der Waals surface area contributed by atoms with Gasteiger partial charge in [0.25, 0.3) is 0 Å². The average molecular weight is 327 g/mol. The summed E-state index contributed by atoms with van der Waals surface area (Å²) in [7, 11) is 0. The van der Waals surface area contributed by atoms with Crippen molar-refractivity contribution in [3.8, 4) is 11.5 Å². The number of piperidine rings is 1. The average Bonchev–Trinajstić information content (AvgIpc) is 3.01. The fourth-order valence-corrected chi connectivity index (χ4v) is 3.67. The van der Waals surface area contributed by atoms with Crippen molar-refractivity contribution in [1.82, 2.24) is 14.5 Å². The highest BCUT2D eigenvalue weighted by Crippen LogP contribution is 2.31. The van der Waals surface area contributed by atoms with Gasteiger partial charge in [-0.2, -0.15) is 0 Å². The number of fused-ring (bicyclic) bond motifs is 1. The molecule has 0 radical (unpaired) electrons. The van der Waals surface area contributed by atoms with Crippen LogP contribution in [0.3, 0.4) is 0 Å². The molecule has 2 aliphatic rings. The Balaban J connectivity index is 1.26. The van der Waals surface area contributed by atoms with E-state index in [0.29, 0.717) is 6.61 Å². The number of benzene rings is 1. The summed E-state index contributed by atoms with van der Waals surface area (Å²) < 4.78 is 14.2. The van der Waals surface area contributed by atoms with Gasteiger partial charge in [0.05, 0.1) is 0 Å². The Morgan fingerprint density at radius 2 is 1.92 bits per heavy atom. The SMILES string of the molecule is Cc1nccn1CC1CCN(CC2COc3ccccc3O2)CC1. The van der Waals surface area contributed by atoms with Crippen LogP contribution in [0.5, 0.6) is 11.5 Å². The molecule has 2 aromatic rings. The van der Waals surface area contributed by atoms with Gasteiger partial charge in [-0.25, -0.2) is 4.98 Å². The van der Waals surface area contributed by atoms with Crippen LogP contribution < -0.4 is 9.47 Å². The molecule has 4 rings (SSSR count). The van der Waals surface area contributed by atoms with Crippen LogP contribution in [0, 0.1) is 12.8 Å². The number of nitrogens with zero attached hydrogens (tertiary/aromatic N) is 3. The van der Waals surface area contributed by atoms with E-state index < -0.39 is 0 Å². The molecule has 0 N–H and O–H groups in total. The number of aromatic nitrogens is 2. The zero-order chi connectivity index (χ0) is 16.4. The van der Waals surface area contributed by atoms with Gasteiger partial charge in [-0.3, -0.25) is 4.90 Å². The summed E-state index contributed by atoms with van der Waals surface area (Å²) in [5.41, 5.74) is 0. The van der Waals surface area contributed by atoms with Gasteiger partial charge in [0, 0.05) is 25.5 Å². The van der Waals surface area contributed by atoms with Crippen LogP contribution in [0.4, 0.5) is 0 Å². The Labute approximate surface area is 143 Å². The van der Waals surface area contributed by atoms with Gasteiger partial charge in [0.2, 0.25) is 0 Å². The van der Waals surface area contributed by atoms with Crippen LogP contribution >= 0.6 is 0 Å². The summed E-state index contributed by atoms with van der Waals surface area (Å²) >= 11 is 0. The van der Waals surface area contributed by atoms with Crippen LogP contribution in [-0.4, -0.2) is 46.8 Å². The summed E-state index contributed by atoms with van der Waals surface area (Å²) in [6.07, 6.45) is 6.59. The van der Waals surface area contributed by atoms with Crippen LogP contribution in [-0.2, 0) is 6.54 Å². The Morgan fingerprint density at radius 3 is 2.67 bits per heavy atom. The molecule has 5 heteroatoms. The second-order valence-corrected chi connectivity index (χ2v) is 6.87. The quantitative estimate of drug-likeness (QED) is 0.866. The molecule has 1 aromatic heterocycles. The number of para-hydroxylation sites is 2. The van der Waals surface area contributed by atoms with Gasteiger partial charge in [-0.15, -0.1) is 0 Å². The Morgan fingerprint density at radius 1 is 1.12 bits per heavy atom. The highest BCUT2D eigenvalue weighted by atomic mass is 16.6.